The van der Waals surface area contributed by atoms with E-state index in [0.29, 0.717) is 0 Å². The molecule has 4 bridgehead atoms. The third kappa shape index (κ3) is 2.08. The molecule has 0 aliphatic heterocycles. The Labute approximate surface area is 140 Å². The molecule has 124 valence electrons. The van der Waals surface area contributed by atoms with Crippen LogP contribution in [-0.2, 0) is 11.3 Å². The number of carbonyl (C=O) groups is 1. The number of fused-ring (bicyclic) bond motifs is 1. The second-order valence-corrected chi connectivity index (χ2v) is 8.29. The second-order valence-electron chi connectivity index (χ2n) is 8.29. The van der Waals surface area contributed by atoms with Crippen LogP contribution in [0.1, 0.15) is 38.5 Å². The Bertz CT molecular complexity index is 847. The van der Waals surface area contributed by atoms with Gasteiger partial charge < -0.3 is 0 Å². The Hall–Kier alpha value is -1.97. The number of nitrogens with zero attached hydrogens (tertiary/aromatic N) is 2. The van der Waals surface area contributed by atoms with Crippen molar-refractivity contribution < 1.29 is 4.79 Å². The van der Waals surface area contributed by atoms with Crippen LogP contribution in [0.5, 0.6) is 0 Å². The molecule has 0 atom stereocenters. The van der Waals surface area contributed by atoms with Crippen LogP contribution in [-0.4, -0.2) is 15.3 Å². The van der Waals surface area contributed by atoms with Crippen molar-refractivity contribution in [2.75, 3.05) is 0 Å². The van der Waals surface area contributed by atoms with Gasteiger partial charge in [0, 0.05) is 5.41 Å². The van der Waals surface area contributed by atoms with Gasteiger partial charge in [0.25, 0.3) is 5.56 Å². The van der Waals surface area contributed by atoms with Gasteiger partial charge in [0.1, 0.15) is 0 Å². The first-order valence-corrected chi connectivity index (χ1v) is 9.11. The van der Waals surface area contributed by atoms with Crippen LogP contribution in [0.4, 0.5) is 0 Å². The third-order valence-corrected chi connectivity index (χ3v) is 6.68. The molecule has 6 rings (SSSR count). The molecule has 0 radical (unpaired) electrons. The zero-order chi connectivity index (χ0) is 16.3. The van der Waals surface area contributed by atoms with Crippen LogP contribution in [0.3, 0.4) is 0 Å². The molecule has 4 saturated carbocycles. The molecular formula is C20H22N2O2. The molecule has 1 aromatic heterocycles. The summed E-state index contributed by atoms with van der Waals surface area (Å²) in [6, 6.07) is 7.58. The first-order chi connectivity index (χ1) is 11.6. The van der Waals surface area contributed by atoms with Crippen LogP contribution in [0.25, 0.3) is 11.0 Å². The molecule has 24 heavy (non-hydrogen) atoms. The van der Waals surface area contributed by atoms with Gasteiger partial charge in [-0.3, -0.25) is 14.2 Å². The van der Waals surface area contributed by atoms with E-state index < -0.39 is 0 Å². The summed E-state index contributed by atoms with van der Waals surface area (Å²) in [6.45, 7) is 0.202. The van der Waals surface area contributed by atoms with Crippen molar-refractivity contribution >= 4 is 16.8 Å². The zero-order valence-corrected chi connectivity index (χ0v) is 13.8. The summed E-state index contributed by atoms with van der Waals surface area (Å²) in [5.74, 6) is 2.50. The highest BCUT2D eigenvalue weighted by atomic mass is 16.1. The number of benzene rings is 1. The number of hydrogen-bond acceptors (Lipinski definition) is 3. The molecule has 2 aromatic rings. The van der Waals surface area contributed by atoms with Crippen molar-refractivity contribution in [3.63, 3.8) is 0 Å². The highest BCUT2D eigenvalue weighted by molar-refractivity contribution is 5.86. The SMILES string of the molecule is O=C(Cn1c(=O)cnc2ccccc21)C12CC3CC(CC(C3)C1)C2. The summed E-state index contributed by atoms with van der Waals surface area (Å²) in [4.78, 5) is 29.8. The minimum atomic E-state index is -0.174. The molecule has 0 unspecified atom stereocenters. The highest BCUT2D eigenvalue weighted by Gasteiger charge is 2.54. The summed E-state index contributed by atoms with van der Waals surface area (Å²) in [7, 11) is 0. The third-order valence-electron chi connectivity index (χ3n) is 6.68. The van der Waals surface area contributed by atoms with Crippen molar-refractivity contribution in [3.05, 3.63) is 40.8 Å². The van der Waals surface area contributed by atoms with Crippen molar-refractivity contribution in [1.82, 2.24) is 9.55 Å². The molecule has 0 spiro atoms. The van der Waals surface area contributed by atoms with Crippen LogP contribution < -0.4 is 5.56 Å². The normalized spacial score (nSPS) is 33.9. The summed E-state index contributed by atoms with van der Waals surface area (Å²) >= 11 is 0. The molecule has 0 N–H and O–H groups in total. The summed E-state index contributed by atoms with van der Waals surface area (Å²) in [6.07, 6.45) is 8.47. The maximum atomic E-state index is 13.3. The monoisotopic (exact) mass is 322 g/mol. The van der Waals surface area contributed by atoms with Crippen LogP contribution in [0.15, 0.2) is 35.3 Å². The molecule has 4 nitrogen and oxygen atoms in total. The Morgan fingerprint density at radius 3 is 2.38 bits per heavy atom. The van der Waals surface area contributed by atoms with E-state index in [9.17, 15) is 9.59 Å². The lowest BCUT2D eigenvalue weighted by Gasteiger charge is -2.56. The Morgan fingerprint density at radius 1 is 1.08 bits per heavy atom. The van der Waals surface area contributed by atoms with E-state index in [0.717, 1.165) is 48.0 Å². The average Bonchev–Trinajstić information content (AvgIpc) is 2.56. The second kappa shape index (κ2) is 5.01. The fourth-order valence-corrected chi connectivity index (χ4v) is 6.04. The molecule has 1 heterocycles. The van der Waals surface area contributed by atoms with E-state index in [-0.39, 0.29) is 23.3 Å². The van der Waals surface area contributed by atoms with E-state index in [1.54, 1.807) is 4.57 Å². The van der Waals surface area contributed by atoms with Gasteiger partial charge in [-0.05, 0) is 68.4 Å². The number of hydrogen-bond donors (Lipinski definition) is 0. The largest absolute Gasteiger partial charge is 0.298 e. The maximum Gasteiger partial charge on any atom is 0.269 e. The molecule has 4 aliphatic carbocycles. The van der Waals surface area contributed by atoms with E-state index in [1.807, 2.05) is 24.3 Å². The van der Waals surface area contributed by atoms with E-state index in [2.05, 4.69) is 4.98 Å². The predicted molar refractivity (Wildman–Crippen MR) is 91.6 cm³/mol. The minimum absolute atomic E-state index is 0.154. The standard InChI is InChI=1S/C20H22N2O2/c23-18(20-8-13-5-14(9-20)7-15(6-13)10-20)12-22-17-4-2-1-3-16(17)21-11-19(22)24/h1-4,11,13-15H,5-10,12H2. The Kier molecular flexibility index (Phi) is 3.00. The highest BCUT2D eigenvalue weighted by Crippen LogP contribution is 2.60. The molecule has 4 aliphatic rings. The van der Waals surface area contributed by atoms with Gasteiger partial charge in [0.05, 0.1) is 23.8 Å². The number of para-hydroxylation sites is 2. The smallest absolute Gasteiger partial charge is 0.269 e. The fraction of sp³-hybridized carbons (Fsp3) is 0.550. The molecule has 4 fully saturated rings. The van der Waals surface area contributed by atoms with Gasteiger partial charge in [-0.2, -0.15) is 0 Å². The van der Waals surface area contributed by atoms with E-state index in [4.69, 9.17) is 0 Å². The van der Waals surface area contributed by atoms with E-state index in [1.165, 1.54) is 25.5 Å². The van der Waals surface area contributed by atoms with Crippen molar-refractivity contribution in [1.29, 1.82) is 0 Å². The Balaban J connectivity index is 1.52. The molecular weight excluding hydrogens is 300 g/mol. The van der Waals surface area contributed by atoms with Gasteiger partial charge in [0.2, 0.25) is 0 Å². The van der Waals surface area contributed by atoms with Crippen LogP contribution in [0.2, 0.25) is 0 Å². The number of aromatic nitrogens is 2. The molecule has 4 heteroatoms. The van der Waals surface area contributed by atoms with Crippen molar-refractivity contribution in [3.8, 4) is 0 Å². The number of ketones is 1. The molecule has 0 amide bonds. The maximum absolute atomic E-state index is 13.3. The minimum Gasteiger partial charge on any atom is -0.298 e. The number of rotatable bonds is 3. The molecule has 1 aromatic carbocycles. The summed E-state index contributed by atoms with van der Waals surface area (Å²) in [5, 5.41) is 0. The first-order valence-electron chi connectivity index (χ1n) is 9.11. The lowest BCUT2D eigenvalue weighted by atomic mass is 9.48. The zero-order valence-electron chi connectivity index (χ0n) is 13.8. The van der Waals surface area contributed by atoms with Crippen LogP contribution in [0, 0.1) is 23.2 Å². The van der Waals surface area contributed by atoms with Gasteiger partial charge >= 0.3 is 0 Å². The summed E-state index contributed by atoms with van der Waals surface area (Å²) < 4.78 is 1.63. The lowest BCUT2D eigenvalue weighted by molar-refractivity contribution is -0.144. The van der Waals surface area contributed by atoms with Gasteiger partial charge in [0.15, 0.2) is 5.78 Å². The lowest BCUT2D eigenvalue weighted by Crippen LogP contribution is -2.51. The molecule has 0 saturated heterocycles. The number of Topliss-reactive ketones (excluding diaryl/α,β-unsaturated/α-hetero) is 1. The van der Waals surface area contributed by atoms with Crippen molar-refractivity contribution in [2.45, 2.75) is 45.1 Å². The first kappa shape index (κ1) is 14.4. The van der Waals surface area contributed by atoms with Crippen molar-refractivity contribution in [2.24, 2.45) is 23.2 Å². The predicted octanol–water partition coefficient (Wildman–Crippen LogP) is 3.18. The summed E-state index contributed by atoms with van der Waals surface area (Å²) in [5.41, 5.74) is 1.21. The topological polar surface area (TPSA) is 52.0 Å². The van der Waals surface area contributed by atoms with Gasteiger partial charge in [-0.15, -0.1) is 0 Å². The van der Waals surface area contributed by atoms with E-state index >= 15 is 0 Å². The van der Waals surface area contributed by atoms with Crippen LogP contribution >= 0.6 is 0 Å². The number of carbonyl (C=O) groups excluding carboxylic acids is 1. The fourth-order valence-electron chi connectivity index (χ4n) is 6.04. The quantitative estimate of drug-likeness (QED) is 0.872. The average molecular weight is 322 g/mol. The van der Waals surface area contributed by atoms with Gasteiger partial charge in [-0.25, -0.2) is 4.98 Å². The Morgan fingerprint density at radius 2 is 1.71 bits per heavy atom. The van der Waals surface area contributed by atoms with Gasteiger partial charge in [-0.1, -0.05) is 12.1 Å².